The van der Waals surface area contributed by atoms with Crippen LogP contribution in [0.1, 0.15) is 18.4 Å². The molecule has 1 fully saturated rings. The highest BCUT2D eigenvalue weighted by Gasteiger charge is 2.17. The van der Waals surface area contributed by atoms with Gasteiger partial charge >= 0.3 is 0 Å². The molecule has 1 aromatic carbocycles. The van der Waals surface area contributed by atoms with Gasteiger partial charge in [0, 0.05) is 13.2 Å². The van der Waals surface area contributed by atoms with Gasteiger partial charge in [-0.3, -0.25) is 0 Å². The van der Waals surface area contributed by atoms with E-state index in [0.717, 1.165) is 48.5 Å². The number of ether oxygens (including phenoxy) is 1. The average Bonchev–Trinajstić information content (AvgIpc) is 3.22. The lowest BCUT2D eigenvalue weighted by molar-refractivity contribution is 0.120. The molecular weight excluding hydrogens is 290 g/mol. The van der Waals surface area contributed by atoms with Crippen molar-refractivity contribution >= 4 is 16.9 Å². The molecule has 1 saturated heterocycles. The summed E-state index contributed by atoms with van der Waals surface area (Å²) in [5.41, 5.74) is 3.00. The van der Waals surface area contributed by atoms with Gasteiger partial charge in [-0.15, -0.1) is 0 Å². The first kappa shape index (κ1) is 14.1. The fourth-order valence-corrected chi connectivity index (χ4v) is 2.95. The fourth-order valence-electron chi connectivity index (χ4n) is 2.95. The standard InChI is InChI=1S/C17H19N5O/c1-12-4-2-5-13(8-12)22-17-15(10-21-22)16(19-11-20-17)18-9-14-6-3-7-23-14/h2,4-5,8,10-11,14H,3,6-7,9H2,1H3,(H,18,19,20)/t14-/m0/s1. The summed E-state index contributed by atoms with van der Waals surface area (Å²) in [4.78, 5) is 8.77. The van der Waals surface area contributed by atoms with Gasteiger partial charge in [0.15, 0.2) is 5.65 Å². The van der Waals surface area contributed by atoms with Crippen molar-refractivity contribution in [1.29, 1.82) is 0 Å². The number of aromatic nitrogens is 4. The minimum Gasteiger partial charge on any atom is -0.376 e. The number of hydrogen-bond donors (Lipinski definition) is 1. The molecule has 3 heterocycles. The van der Waals surface area contributed by atoms with Crippen LogP contribution in [0.15, 0.2) is 36.8 Å². The second-order valence-corrected chi connectivity index (χ2v) is 5.87. The van der Waals surface area contributed by atoms with Gasteiger partial charge in [-0.05, 0) is 37.5 Å². The maximum absolute atomic E-state index is 5.65. The Bertz CT molecular complexity index is 823. The molecule has 6 heteroatoms. The maximum atomic E-state index is 5.65. The zero-order chi connectivity index (χ0) is 15.6. The SMILES string of the molecule is Cc1cccc(-n2ncc3c(NC[C@@H]4CCCO4)ncnc32)c1. The lowest BCUT2D eigenvalue weighted by Gasteiger charge is -2.11. The Morgan fingerprint density at radius 3 is 3.13 bits per heavy atom. The van der Waals surface area contributed by atoms with Gasteiger partial charge in [0.2, 0.25) is 0 Å². The molecule has 0 saturated carbocycles. The van der Waals surface area contributed by atoms with Crippen LogP contribution in [-0.2, 0) is 4.74 Å². The highest BCUT2D eigenvalue weighted by molar-refractivity contribution is 5.87. The first-order chi connectivity index (χ1) is 11.3. The topological polar surface area (TPSA) is 64.9 Å². The van der Waals surface area contributed by atoms with Crippen LogP contribution in [0.25, 0.3) is 16.7 Å². The molecular formula is C17H19N5O. The first-order valence-corrected chi connectivity index (χ1v) is 7.92. The van der Waals surface area contributed by atoms with E-state index in [9.17, 15) is 0 Å². The number of nitrogens with zero attached hydrogens (tertiary/aromatic N) is 4. The van der Waals surface area contributed by atoms with Crippen LogP contribution in [0.5, 0.6) is 0 Å². The quantitative estimate of drug-likeness (QED) is 0.803. The van der Waals surface area contributed by atoms with Crippen molar-refractivity contribution in [1.82, 2.24) is 19.7 Å². The zero-order valence-corrected chi connectivity index (χ0v) is 13.1. The molecule has 0 radical (unpaired) electrons. The third-order valence-electron chi connectivity index (χ3n) is 4.13. The minimum atomic E-state index is 0.270. The predicted molar refractivity (Wildman–Crippen MR) is 88.9 cm³/mol. The molecule has 0 amide bonds. The second kappa shape index (κ2) is 5.96. The lowest BCUT2D eigenvalue weighted by Crippen LogP contribution is -2.19. The van der Waals surface area contributed by atoms with Crippen LogP contribution < -0.4 is 5.32 Å². The largest absolute Gasteiger partial charge is 0.376 e. The van der Waals surface area contributed by atoms with Crippen molar-refractivity contribution in [2.45, 2.75) is 25.9 Å². The Morgan fingerprint density at radius 1 is 1.35 bits per heavy atom. The van der Waals surface area contributed by atoms with Crippen molar-refractivity contribution in [2.75, 3.05) is 18.5 Å². The predicted octanol–water partition coefficient (Wildman–Crippen LogP) is 2.71. The summed E-state index contributed by atoms with van der Waals surface area (Å²) in [6.45, 7) is 3.69. The second-order valence-electron chi connectivity index (χ2n) is 5.87. The van der Waals surface area contributed by atoms with Crippen LogP contribution in [0.3, 0.4) is 0 Å². The van der Waals surface area contributed by atoms with E-state index in [2.05, 4.69) is 39.4 Å². The number of rotatable bonds is 4. The van der Waals surface area contributed by atoms with Crippen molar-refractivity contribution in [3.63, 3.8) is 0 Å². The minimum absolute atomic E-state index is 0.270. The highest BCUT2D eigenvalue weighted by Crippen LogP contribution is 2.22. The molecule has 0 spiro atoms. The van der Waals surface area contributed by atoms with E-state index in [1.165, 1.54) is 5.56 Å². The van der Waals surface area contributed by atoms with Crippen molar-refractivity contribution in [3.8, 4) is 5.69 Å². The normalized spacial score (nSPS) is 17.7. The number of fused-ring (bicyclic) bond motifs is 1. The number of anilines is 1. The lowest BCUT2D eigenvalue weighted by atomic mass is 10.2. The molecule has 0 bridgehead atoms. The number of hydrogen-bond acceptors (Lipinski definition) is 5. The van der Waals surface area contributed by atoms with Gasteiger partial charge in [-0.25, -0.2) is 14.6 Å². The summed E-state index contributed by atoms with van der Waals surface area (Å²) >= 11 is 0. The molecule has 0 aliphatic carbocycles. The zero-order valence-electron chi connectivity index (χ0n) is 13.1. The Balaban J connectivity index is 1.66. The summed E-state index contributed by atoms with van der Waals surface area (Å²) in [6, 6.07) is 8.21. The molecule has 1 atom stereocenters. The summed E-state index contributed by atoms with van der Waals surface area (Å²) in [5.74, 6) is 0.810. The van der Waals surface area contributed by atoms with E-state index >= 15 is 0 Å². The molecule has 23 heavy (non-hydrogen) atoms. The smallest absolute Gasteiger partial charge is 0.168 e. The first-order valence-electron chi connectivity index (χ1n) is 7.92. The Hall–Kier alpha value is -2.47. The van der Waals surface area contributed by atoms with Crippen LogP contribution in [-0.4, -0.2) is 39.0 Å². The molecule has 1 aliphatic rings. The maximum Gasteiger partial charge on any atom is 0.168 e. The van der Waals surface area contributed by atoms with Crippen LogP contribution in [0.2, 0.25) is 0 Å². The number of nitrogens with one attached hydrogen (secondary N) is 1. The van der Waals surface area contributed by atoms with Crippen LogP contribution >= 0.6 is 0 Å². The highest BCUT2D eigenvalue weighted by atomic mass is 16.5. The average molecular weight is 309 g/mol. The molecule has 2 aromatic heterocycles. The Labute approximate surface area is 134 Å². The molecule has 1 N–H and O–H groups in total. The van der Waals surface area contributed by atoms with Gasteiger partial charge in [0.05, 0.1) is 23.4 Å². The van der Waals surface area contributed by atoms with Gasteiger partial charge in [0.1, 0.15) is 12.1 Å². The Kier molecular flexibility index (Phi) is 3.67. The molecule has 118 valence electrons. The van der Waals surface area contributed by atoms with E-state index in [4.69, 9.17) is 4.74 Å². The monoisotopic (exact) mass is 309 g/mol. The number of benzene rings is 1. The van der Waals surface area contributed by atoms with E-state index in [0.29, 0.717) is 0 Å². The van der Waals surface area contributed by atoms with Gasteiger partial charge in [-0.1, -0.05) is 12.1 Å². The summed E-state index contributed by atoms with van der Waals surface area (Å²) in [6.07, 6.45) is 5.90. The molecule has 3 aromatic rings. The van der Waals surface area contributed by atoms with E-state index < -0.39 is 0 Å². The van der Waals surface area contributed by atoms with Crippen LogP contribution in [0, 0.1) is 6.92 Å². The van der Waals surface area contributed by atoms with Crippen molar-refractivity contribution in [3.05, 3.63) is 42.4 Å². The fraction of sp³-hybridized carbons (Fsp3) is 0.353. The summed E-state index contributed by atoms with van der Waals surface area (Å²) < 4.78 is 7.50. The van der Waals surface area contributed by atoms with Gasteiger partial charge < -0.3 is 10.1 Å². The molecule has 1 aliphatic heterocycles. The van der Waals surface area contributed by atoms with E-state index in [1.54, 1.807) is 6.33 Å². The third kappa shape index (κ3) is 2.77. The van der Waals surface area contributed by atoms with Gasteiger partial charge in [0.25, 0.3) is 0 Å². The molecule has 4 rings (SSSR count). The van der Waals surface area contributed by atoms with E-state index in [-0.39, 0.29) is 6.10 Å². The van der Waals surface area contributed by atoms with Crippen molar-refractivity contribution < 1.29 is 4.74 Å². The molecule has 0 unspecified atom stereocenters. The van der Waals surface area contributed by atoms with Crippen molar-refractivity contribution in [2.24, 2.45) is 0 Å². The van der Waals surface area contributed by atoms with Crippen LogP contribution in [0.4, 0.5) is 5.82 Å². The Morgan fingerprint density at radius 2 is 2.30 bits per heavy atom. The van der Waals surface area contributed by atoms with E-state index in [1.807, 2.05) is 23.0 Å². The molecule has 6 nitrogen and oxygen atoms in total. The summed E-state index contributed by atoms with van der Waals surface area (Å²) in [7, 11) is 0. The van der Waals surface area contributed by atoms with Gasteiger partial charge in [-0.2, -0.15) is 5.10 Å². The third-order valence-corrected chi connectivity index (χ3v) is 4.13. The summed E-state index contributed by atoms with van der Waals surface area (Å²) in [5, 5.41) is 8.79. The number of aryl methyl sites for hydroxylation is 1.